The van der Waals surface area contributed by atoms with Crippen LogP contribution >= 0.6 is 22.7 Å². The standard InChI is InChI=1S/C26H38N6O3S3/c1-26(2,3)19-7-9-20(10-8-19)38(34,35)30-16-11-23-31-22(18-36-23)25-32-21(17-37-25)24(33)29-15-6-14-28-13-5-4-12-27/h7-10,17-18,28,30H,4-6,11-16,27H2,1-3H3,(H,29,33). The predicted molar refractivity (Wildman–Crippen MR) is 155 cm³/mol. The molecule has 0 atom stereocenters. The third-order valence-electron chi connectivity index (χ3n) is 5.79. The molecule has 3 aromatic rings. The second-order valence-electron chi connectivity index (χ2n) is 9.94. The van der Waals surface area contributed by atoms with Crippen molar-refractivity contribution in [2.45, 2.75) is 56.8 Å². The van der Waals surface area contributed by atoms with Gasteiger partial charge in [0.1, 0.15) is 16.4 Å². The largest absolute Gasteiger partial charge is 0.351 e. The first-order valence-corrected chi connectivity index (χ1v) is 16.0. The number of amides is 1. The molecule has 0 radical (unpaired) electrons. The minimum absolute atomic E-state index is 0.0395. The van der Waals surface area contributed by atoms with Crippen LogP contribution in [-0.4, -0.2) is 57.0 Å². The van der Waals surface area contributed by atoms with Crippen LogP contribution in [0.1, 0.15) is 61.1 Å². The van der Waals surface area contributed by atoms with Crippen molar-refractivity contribution in [3.05, 3.63) is 51.3 Å². The lowest BCUT2D eigenvalue weighted by Gasteiger charge is -2.19. The maximum absolute atomic E-state index is 12.7. The average Bonchev–Trinajstić information content (AvgIpc) is 3.55. The molecule has 1 amide bonds. The van der Waals surface area contributed by atoms with E-state index in [-0.39, 0.29) is 22.8 Å². The van der Waals surface area contributed by atoms with Crippen LogP contribution in [0, 0.1) is 0 Å². The Morgan fingerprint density at radius 2 is 1.68 bits per heavy atom. The summed E-state index contributed by atoms with van der Waals surface area (Å²) in [6, 6.07) is 6.99. The maximum Gasteiger partial charge on any atom is 0.270 e. The van der Waals surface area contributed by atoms with Crippen molar-refractivity contribution in [3.63, 3.8) is 0 Å². The molecular formula is C26H38N6O3S3. The van der Waals surface area contributed by atoms with E-state index in [1.165, 1.54) is 22.7 Å². The summed E-state index contributed by atoms with van der Waals surface area (Å²) in [5, 5.41) is 11.3. The zero-order chi connectivity index (χ0) is 27.6. The number of aromatic nitrogens is 2. The van der Waals surface area contributed by atoms with Crippen LogP contribution in [0.2, 0.25) is 0 Å². The van der Waals surface area contributed by atoms with E-state index in [1.807, 2.05) is 17.5 Å². The summed E-state index contributed by atoms with van der Waals surface area (Å²) in [5.41, 5.74) is 7.59. The van der Waals surface area contributed by atoms with E-state index in [0.717, 1.165) is 42.9 Å². The number of unbranched alkanes of at least 4 members (excludes halogenated alkanes) is 1. The maximum atomic E-state index is 12.7. The Balaban J connectivity index is 1.44. The van der Waals surface area contributed by atoms with Gasteiger partial charge < -0.3 is 16.4 Å². The highest BCUT2D eigenvalue weighted by atomic mass is 32.2. The number of nitrogens with one attached hydrogen (secondary N) is 3. The molecule has 5 N–H and O–H groups in total. The van der Waals surface area contributed by atoms with Gasteiger partial charge >= 0.3 is 0 Å². The van der Waals surface area contributed by atoms with Crippen molar-refractivity contribution >= 4 is 38.6 Å². The van der Waals surface area contributed by atoms with Crippen molar-refractivity contribution in [2.75, 3.05) is 32.7 Å². The summed E-state index contributed by atoms with van der Waals surface area (Å²) in [5.74, 6) is -0.198. The zero-order valence-corrected chi connectivity index (χ0v) is 24.7. The van der Waals surface area contributed by atoms with Gasteiger partial charge in [0.15, 0.2) is 0 Å². The smallest absolute Gasteiger partial charge is 0.270 e. The first-order valence-electron chi connectivity index (χ1n) is 12.8. The van der Waals surface area contributed by atoms with Gasteiger partial charge in [-0.2, -0.15) is 0 Å². The first-order chi connectivity index (χ1) is 18.1. The van der Waals surface area contributed by atoms with Crippen LogP contribution in [-0.2, 0) is 21.9 Å². The summed E-state index contributed by atoms with van der Waals surface area (Å²) in [6.07, 6.45) is 3.38. The van der Waals surface area contributed by atoms with E-state index in [4.69, 9.17) is 5.73 Å². The highest BCUT2D eigenvalue weighted by molar-refractivity contribution is 7.89. The summed E-state index contributed by atoms with van der Waals surface area (Å²) >= 11 is 2.81. The van der Waals surface area contributed by atoms with Gasteiger partial charge in [0.05, 0.1) is 9.90 Å². The fourth-order valence-electron chi connectivity index (χ4n) is 3.55. The third kappa shape index (κ3) is 9.21. The lowest BCUT2D eigenvalue weighted by atomic mass is 9.87. The Kier molecular flexibility index (Phi) is 11.4. The van der Waals surface area contributed by atoms with Gasteiger partial charge in [0, 0.05) is 30.3 Å². The van der Waals surface area contributed by atoms with Gasteiger partial charge in [-0.05, 0) is 62.0 Å². The van der Waals surface area contributed by atoms with Gasteiger partial charge in [-0.1, -0.05) is 32.9 Å². The molecule has 9 nitrogen and oxygen atoms in total. The minimum Gasteiger partial charge on any atom is -0.351 e. The highest BCUT2D eigenvalue weighted by Gasteiger charge is 2.18. The van der Waals surface area contributed by atoms with E-state index < -0.39 is 10.0 Å². The van der Waals surface area contributed by atoms with Crippen molar-refractivity contribution < 1.29 is 13.2 Å². The molecule has 0 bridgehead atoms. The Morgan fingerprint density at radius 3 is 2.39 bits per heavy atom. The number of hydrogen-bond donors (Lipinski definition) is 4. The summed E-state index contributed by atoms with van der Waals surface area (Å²) in [6.45, 7) is 9.58. The van der Waals surface area contributed by atoms with Crippen LogP contribution in [0.25, 0.3) is 10.7 Å². The molecule has 0 saturated heterocycles. The molecule has 0 fully saturated rings. The molecule has 0 spiro atoms. The number of nitrogens with zero attached hydrogens (tertiary/aromatic N) is 2. The molecule has 0 aliphatic heterocycles. The van der Waals surface area contributed by atoms with Crippen molar-refractivity contribution in [1.82, 2.24) is 25.3 Å². The molecule has 2 aromatic heterocycles. The third-order valence-corrected chi connectivity index (χ3v) is 9.04. The second kappa shape index (κ2) is 14.2. The Hall–Kier alpha value is -2.22. The number of thiazole rings is 2. The van der Waals surface area contributed by atoms with Crippen LogP contribution in [0.3, 0.4) is 0 Å². The molecule has 208 valence electrons. The van der Waals surface area contributed by atoms with Crippen LogP contribution in [0.15, 0.2) is 39.9 Å². The molecule has 0 aliphatic carbocycles. The molecule has 1 aromatic carbocycles. The molecular weight excluding hydrogens is 541 g/mol. The van der Waals surface area contributed by atoms with Crippen molar-refractivity contribution in [2.24, 2.45) is 5.73 Å². The number of sulfonamides is 1. The summed E-state index contributed by atoms with van der Waals surface area (Å²) in [4.78, 5) is 21.7. The Labute approximate surface area is 233 Å². The summed E-state index contributed by atoms with van der Waals surface area (Å²) < 4.78 is 28.0. The van der Waals surface area contributed by atoms with Gasteiger partial charge in [-0.25, -0.2) is 23.1 Å². The van der Waals surface area contributed by atoms with Crippen LogP contribution in [0.4, 0.5) is 0 Å². The number of hydrogen-bond acceptors (Lipinski definition) is 9. The number of nitrogens with two attached hydrogens (primary N) is 1. The average molecular weight is 579 g/mol. The number of carbonyl (C=O) groups is 1. The Bertz CT molecular complexity index is 1260. The van der Waals surface area contributed by atoms with Crippen molar-refractivity contribution in [3.8, 4) is 10.7 Å². The quantitative estimate of drug-likeness (QED) is 0.202. The molecule has 0 aliphatic rings. The van der Waals surface area contributed by atoms with Gasteiger partial charge in [0.25, 0.3) is 5.91 Å². The molecule has 12 heteroatoms. The van der Waals surface area contributed by atoms with E-state index in [1.54, 1.807) is 17.5 Å². The second-order valence-corrected chi connectivity index (χ2v) is 13.5. The van der Waals surface area contributed by atoms with E-state index in [9.17, 15) is 13.2 Å². The highest BCUT2D eigenvalue weighted by Crippen LogP contribution is 2.26. The first kappa shape index (κ1) is 30.3. The minimum atomic E-state index is -3.60. The molecule has 38 heavy (non-hydrogen) atoms. The lowest BCUT2D eigenvalue weighted by molar-refractivity contribution is 0.0949. The molecule has 3 rings (SSSR count). The predicted octanol–water partition coefficient (Wildman–Crippen LogP) is 3.53. The summed E-state index contributed by atoms with van der Waals surface area (Å²) in [7, 11) is -3.60. The van der Waals surface area contributed by atoms with Crippen LogP contribution in [0.5, 0.6) is 0 Å². The fraction of sp³-hybridized carbons (Fsp3) is 0.500. The van der Waals surface area contributed by atoms with Gasteiger partial charge in [-0.15, -0.1) is 22.7 Å². The SMILES string of the molecule is CC(C)(C)c1ccc(S(=O)(=O)NCCc2nc(-c3nc(C(=O)NCCCNCCCCN)cs3)cs2)cc1. The normalized spacial score (nSPS) is 12.1. The number of rotatable bonds is 15. The van der Waals surface area contributed by atoms with E-state index in [2.05, 4.69) is 46.1 Å². The lowest BCUT2D eigenvalue weighted by Crippen LogP contribution is -2.28. The fourth-order valence-corrected chi connectivity index (χ4v) is 6.20. The van der Waals surface area contributed by atoms with Crippen LogP contribution < -0.4 is 21.1 Å². The van der Waals surface area contributed by atoms with Gasteiger partial charge in [-0.3, -0.25) is 4.79 Å². The number of carbonyl (C=O) groups excluding carboxylic acids is 1. The number of benzene rings is 1. The molecule has 0 unspecified atom stereocenters. The van der Waals surface area contributed by atoms with Crippen molar-refractivity contribution in [1.29, 1.82) is 0 Å². The van der Waals surface area contributed by atoms with E-state index >= 15 is 0 Å². The van der Waals surface area contributed by atoms with Gasteiger partial charge in [0.2, 0.25) is 10.0 Å². The molecule has 0 saturated carbocycles. The Morgan fingerprint density at radius 1 is 0.947 bits per heavy atom. The topological polar surface area (TPSA) is 139 Å². The monoisotopic (exact) mass is 578 g/mol. The zero-order valence-electron chi connectivity index (χ0n) is 22.2. The van der Waals surface area contributed by atoms with E-state index in [0.29, 0.717) is 35.9 Å². The molecule has 2 heterocycles.